The predicted molar refractivity (Wildman–Crippen MR) is 125 cm³/mol. The lowest BCUT2D eigenvalue weighted by Crippen LogP contribution is -2.43. The second kappa shape index (κ2) is 10.4. The van der Waals surface area contributed by atoms with E-state index in [4.69, 9.17) is 9.15 Å². The minimum Gasteiger partial charge on any atom is -0.415 e. The summed E-state index contributed by atoms with van der Waals surface area (Å²) in [5.41, 5.74) is 2.41. The number of hydrogen-bond acceptors (Lipinski definition) is 7. The summed E-state index contributed by atoms with van der Waals surface area (Å²) in [7, 11) is 0. The summed E-state index contributed by atoms with van der Waals surface area (Å²) in [6, 6.07) is 10.9. The molecule has 1 aliphatic heterocycles. The van der Waals surface area contributed by atoms with Crippen molar-refractivity contribution in [2.75, 3.05) is 31.6 Å². The number of ether oxygens (including phenoxy) is 1. The Hall–Kier alpha value is -4.26. The first kappa shape index (κ1) is 24.4. The zero-order chi connectivity index (χ0) is 25.9. The van der Waals surface area contributed by atoms with Crippen molar-refractivity contribution in [1.29, 1.82) is 0 Å². The van der Waals surface area contributed by atoms with E-state index in [9.17, 15) is 18.0 Å². The molecule has 13 heteroatoms. The van der Waals surface area contributed by atoms with Gasteiger partial charge >= 0.3 is 12.5 Å². The Balaban J connectivity index is 1.30. The minimum atomic E-state index is -2.94. The Morgan fingerprint density at radius 1 is 1.08 bits per heavy atom. The van der Waals surface area contributed by atoms with Crippen molar-refractivity contribution in [3.63, 3.8) is 0 Å². The first-order chi connectivity index (χ1) is 17.9. The van der Waals surface area contributed by atoms with Gasteiger partial charge in [-0.05, 0) is 36.8 Å². The van der Waals surface area contributed by atoms with E-state index >= 15 is 0 Å². The molecule has 0 bridgehead atoms. The molecule has 0 spiro atoms. The van der Waals surface area contributed by atoms with Crippen LogP contribution in [0.25, 0.3) is 22.7 Å². The molecule has 1 saturated heterocycles. The van der Waals surface area contributed by atoms with Crippen LogP contribution < -0.4 is 5.32 Å². The second-order valence-electron chi connectivity index (χ2n) is 8.36. The molecule has 1 fully saturated rings. The molecule has 1 aliphatic rings. The number of nitrogens with zero attached hydrogens (tertiary/aromatic N) is 6. The van der Waals surface area contributed by atoms with Gasteiger partial charge in [-0.25, -0.2) is 13.9 Å². The van der Waals surface area contributed by atoms with E-state index in [2.05, 4.69) is 25.8 Å². The number of nitrogens with one attached hydrogen (secondary N) is 1. The van der Waals surface area contributed by atoms with Gasteiger partial charge in [-0.2, -0.15) is 8.78 Å². The fourth-order valence-electron chi connectivity index (χ4n) is 3.87. The van der Waals surface area contributed by atoms with E-state index in [0.29, 0.717) is 43.2 Å². The quantitative estimate of drug-likeness (QED) is 0.403. The van der Waals surface area contributed by atoms with Gasteiger partial charge in [0, 0.05) is 24.3 Å². The van der Waals surface area contributed by atoms with Crippen LogP contribution in [0.5, 0.6) is 0 Å². The number of morpholine rings is 1. The standard InChI is InChI=1S/C24H22F3N7O3/c1-14(15-5-6-18(19(25)12-15)22-30-31-23(37-22)21(26)27)34-13-20(29-32-34)16-3-2-4-17(11-16)28-24(35)33-7-9-36-10-8-33/h2-6,11-14,21H,7-10H2,1H3,(H,28,35). The lowest BCUT2D eigenvalue weighted by molar-refractivity contribution is 0.0564. The number of halogens is 3. The van der Waals surface area contributed by atoms with Crippen molar-refractivity contribution in [2.45, 2.75) is 19.4 Å². The third-order valence-electron chi connectivity index (χ3n) is 5.95. The average Bonchev–Trinajstić information content (AvgIpc) is 3.60. The smallest absolute Gasteiger partial charge is 0.321 e. The van der Waals surface area contributed by atoms with E-state index < -0.39 is 24.2 Å². The molecule has 2 aromatic carbocycles. The third-order valence-corrected chi connectivity index (χ3v) is 5.95. The van der Waals surface area contributed by atoms with Crippen LogP contribution in [0.2, 0.25) is 0 Å². The van der Waals surface area contributed by atoms with Crippen molar-refractivity contribution in [2.24, 2.45) is 0 Å². The van der Waals surface area contributed by atoms with E-state index in [0.717, 1.165) is 5.56 Å². The molecule has 4 aromatic rings. The van der Waals surface area contributed by atoms with Crippen LogP contribution in [0.1, 0.15) is 30.8 Å². The van der Waals surface area contributed by atoms with Crippen molar-refractivity contribution in [3.05, 3.63) is 65.9 Å². The maximum Gasteiger partial charge on any atom is 0.321 e. The Kier molecular flexibility index (Phi) is 6.86. The molecule has 192 valence electrons. The molecule has 3 heterocycles. The van der Waals surface area contributed by atoms with Crippen LogP contribution in [-0.4, -0.2) is 62.4 Å². The normalized spacial score (nSPS) is 14.7. The van der Waals surface area contributed by atoms with Gasteiger partial charge in [0.25, 0.3) is 11.8 Å². The number of amides is 2. The largest absolute Gasteiger partial charge is 0.415 e. The summed E-state index contributed by atoms with van der Waals surface area (Å²) in [6.45, 7) is 3.90. The lowest BCUT2D eigenvalue weighted by Gasteiger charge is -2.26. The van der Waals surface area contributed by atoms with E-state index in [-0.39, 0.29) is 17.5 Å². The number of urea groups is 1. The summed E-state index contributed by atoms with van der Waals surface area (Å²) < 4.78 is 51.9. The van der Waals surface area contributed by atoms with Crippen molar-refractivity contribution < 1.29 is 27.1 Å². The van der Waals surface area contributed by atoms with Gasteiger partial charge in [0.15, 0.2) is 0 Å². The summed E-state index contributed by atoms with van der Waals surface area (Å²) in [5, 5.41) is 18.0. The maximum absolute atomic E-state index is 14.8. The fraction of sp³-hybridized carbons (Fsp3) is 0.292. The molecular weight excluding hydrogens is 491 g/mol. The van der Waals surface area contributed by atoms with Crippen LogP contribution >= 0.6 is 0 Å². The van der Waals surface area contributed by atoms with Gasteiger partial charge in [0.2, 0.25) is 0 Å². The molecule has 5 rings (SSSR count). The first-order valence-corrected chi connectivity index (χ1v) is 11.5. The summed E-state index contributed by atoms with van der Waals surface area (Å²) in [4.78, 5) is 14.2. The van der Waals surface area contributed by atoms with Gasteiger partial charge < -0.3 is 19.4 Å². The topological polar surface area (TPSA) is 111 Å². The number of alkyl halides is 2. The lowest BCUT2D eigenvalue weighted by atomic mass is 10.1. The molecule has 2 aromatic heterocycles. The SMILES string of the molecule is CC(c1ccc(-c2nnc(C(F)F)o2)c(F)c1)n1cc(-c2cccc(NC(=O)N3CCOCC3)c2)nn1. The summed E-state index contributed by atoms with van der Waals surface area (Å²) >= 11 is 0. The molecule has 2 amide bonds. The van der Waals surface area contributed by atoms with Crippen LogP contribution in [0, 0.1) is 5.82 Å². The van der Waals surface area contributed by atoms with Crippen molar-refractivity contribution >= 4 is 11.7 Å². The molecule has 37 heavy (non-hydrogen) atoms. The number of carbonyl (C=O) groups is 1. The predicted octanol–water partition coefficient (Wildman–Crippen LogP) is 4.55. The fourth-order valence-corrected chi connectivity index (χ4v) is 3.87. The van der Waals surface area contributed by atoms with Gasteiger partial charge in [-0.15, -0.1) is 15.3 Å². The monoisotopic (exact) mass is 513 g/mol. The van der Waals surface area contributed by atoms with Gasteiger partial charge in [0.1, 0.15) is 11.5 Å². The van der Waals surface area contributed by atoms with Crippen LogP contribution in [0.4, 0.5) is 23.7 Å². The zero-order valence-electron chi connectivity index (χ0n) is 19.6. The molecule has 1 atom stereocenters. The number of anilines is 1. The van der Waals surface area contributed by atoms with Crippen LogP contribution in [-0.2, 0) is 4.74 Å². The number of aromatic nitrogens is 5. The Morgan fingerprint density at radius 3 is 2.62 bits per heavy atom. The highest BCUT2D eigenvalue weighted by atomic mass is 19.3. The summed E-state index contributed by atoms with van der Waals surface area (Å²) in [5.74, 6) is -1.89. The Labute approximate surface area is 209 Å². The zero-order valence-corrected chi connectivity index (χ0v) is 19.6. The van der Waals surface area contributed by atoms with Gasteiger partial charge in [-0.3, -0.25) is 0 Å². The summed E-state index contributed by atoms with van der Waals surface area (Å²) in [6.07, 6.45) is -1.22. The number of benzene rings is 2. The Morgan fingerprint density at radius 2 is 1.89 bits per heavy atom. The molecule has 10 nitrogen and oxygen atoms in total. The highest BCUT2D eigenvalue weighted by Crippen LogP contribution is 2.29. The molecule has 0 aliphatic carbocycles. The Bertz CT molecular complexity index is 1400. The van der Waals surface area contributed by atoms with Gasteiger partial charge in [-0.1, -0.05) is 23.4 Å². The maximum atomic E-state index is 14.8. The molecule has 1 N–H and O–H groups in total. The average molecular weight is 513 g/mol. The third kappa shape index (κ3) is 5.31. The molecular formula is C24H22F3N7O3. The van der Waals surface area contributed by atoms with Crippen molar-refractivity contribution in [3.8, 4) is 22.7 Å². The first-order valence-electron chi connectivity index (χ1n) is 11.5. The van der Waals surface area contributed by atoms with Gasteiger partial charge in [0.05, 0.1) is 31.0 Å². The van der Waals surface area contributed by atoms with Crippen LogP contribution in [0.3, 0.4) is 0 Å². The highest BCUT2D eigenvalue weighted by molar-refractivity contribution is 5.90. The highest BCUT2D eigenvalue weighted by Gasteiger charge is 2.21. The number of carbonyl (C=O) groups excluding carboxylic acids is 1. The van der Waals surface area contributed by atoms with E-state index in [1.807, 2.05) is 13.0 Å². The van der Waals surface area contributed by atoms with Crippen molar-refractivity contribution in [1.82, 2.24) is 30.1 Å². The van der Waals surface area contributed by atoms with Crippen LogP contribution in [0.15, 0.2) is 53.1 Å². The number of rotatable bonds is 6. The minimum absolute atomic E-state index is 0.0782. The molecule has 0 radical (unpaired) electrons. The van der Waals surface area contributed by atoms with E-state index in [1.54, 1.807) is 40.0 Å². The second-order valence-corrected chi connectivity index (χ2v) is 8.36. The molecule has 1 unspecified atom stereocenters. The number of hydrogen-bond donors (Lipinski definition) is 1. The molecule has 0 saturated carbocycles. The van der Waals surface area contributed by atoms with E-state index in [1.165, 1.54) is 12.1 Å².